The summed E-state index contributed by atoms with van der Waals surface area (Å²) in [7, 11) is 0. The summed E-state index contributed by atoms with van der Waals surface area (Å²) in [6.07, 6.45) is 3.17. The van der Waals surface area contributed by atoms with Gasteiger partial charge in [-0.25, -0.2) is 4.98 Å². The van der Waals surface area contributed by atoms with Crippen molar-refractivity contribution in [1.29, 1.82) is 0 Å². The fraction of sp³-hybridized carbons (Fsp3) is 0.0909. The number of benzene rings is 2. The summed E-state index contributed by atoms with van der Waals surface area (Å²) in [5.41, 5.74) is 1.69. The fourth-order valence-corrected chi connectivity index (χ4v) is 3.95. The zero-order valence-electron chi connectivity index (χ0n) is 16.3. The molecule has 1 aliphatic rings. The average Bonchev–Trinajstić information content (AvgIpc) is 3.26. The Hall–Kier alpha value is -3.62. The topological polar surface area (TPSA) is 83.5 Å². The third-order valence-corrected chi connectivity index (χ3v) is 5.95. The van der Waals surface area contributed by atoms with Gasteiger partial charge in [0.15, 0.2) is 17.3 Å². The molecule has 0 atom stereocenters. The van der Waals surface area contributed by atoms with E-state index in [0.717, 1.165) is 5.56 Å². The van der Waals surface area contributed by atoms with Crippen molar-refractivity contribution in [2.24, 2.45) is 0 Å². The van der Waals surface area contributed by atoms with E-state index in [1.165, 1.54) is 10.8 Å². The van der Waals surface area contributed by atoms with Crippen molar-refractivity contribution in [3.05, 3.63) is 75.3 Å². The molecule has 2 aromatic carbocycles. The summed E-state index contributed by atoms with van der Waals surface area (Å²) in [6.45, 7) is 1.01. The molecule has 5 aromatic rings. The molecule has 0 bridgehead atoms. The van der Waals surface area contributed by atoms with Crippen molar-refractivity contribution in [1.82, 2.24) is 24.1 Å². The first-order chi connectivity index (χ1) is 15.6. The van der Waals surface area contributed by atoms with Gasteiger partial charge in [-0.15, -0.1) is 5.10 Å². The molecular formula is C22H13Cl2N5O3. The number of rotatable bonds is 2. The summed E-state index contributed by atoms with van der Waals surface area (Å²) >= 11 is 12.1. The molecular weight excluding hydrogens is 453 g/mol. The highest BCUT2D eigenvalue weighted by Gasteiger charge is 2.17. The molecule has 8 nitrogen and oxygen atoms in total. The zero-order valence-corrected chi connectivity index (χ0v) is 17.8. The van der Waals surface area contributed by atoms with Gasteiger partial charge in [0.1, 0.15) is 13.2 Å². The van der Waals surface area contributed by atoms with Crippen LogP contribution in [-0.4, -0.2) is 37.4 Å². The predicted molar refractivity (Wildman–Crippen MR) is 120 cm³/mol. The molecule has 0 saturated carbocycles. The number of ether oxygens (including phenoxy) is 2. The molecule has 0 amide bonds. The van der Waals surface area contributed by atoms with E-state index in [4.69, 9.17) is 32.7 Å². The lowest BCUT2D eigenvalue weighted by Crippen LogP contribution is -2.18. The maximum absolute atomic E-state index is 13.2. The molecule has 0 saturated heterocycles. The van der Waals surface area contributed by atoms with Gasteiger partial charge in [0.2, 0.25) is 0 Å². The standard InChI is InChI=1S/C22H13Cl2N5O3/c23-15-3-2-13(10-16(15)24)28-6-5-17-14(21(28)30)11-25-22-26-20(27-29(17)22)12-1-4-18-19(9-12)32-8-7-31-18/h1-6,9-11H,7-8H2. The first-order valence-electron chi connectivity index (χ1n) is 9.71. The molecule has 0 radical (unpaired) electrons. The molecule has 3 aromatic heterocycles. The molecule has 4 heterocycles. The minimum absolute atomic E-state index is 0.258. The Kier molecular flexibility index (Phi) is 4.31. The predicted octanol–water partition coefficient (Wildman–Crippen LogP) is 4.17. The largest absolute Gasteiger partial charge is 0.486 e. The van der Waals surface area contributed by atoms with Crippen molar-refractivity contribution in [3.8, 4) is 28.6 Å². The van der Waals surface area contributed by atoms with Gasteiger partial charge in [0.05, 0.1) is 26.6 Å². The molecule has 0 spiro atoms. The van der Waals surface area contributed by atoms with Crippen molar-refractivity contribution in [2.75, 3.05) is 13.2 Å². The summed E-state index contributed by atoms with van der Waals surface area (Å²) in [6, 6.07) is 12.3. The van der Waals surface area contributed by atoms with Gasteiger partial charge >= 0.3 is 0 Å². The quantitative estimate of drug-likeness (QED) is 0.388. The van der Waals surface area contributed by atoms with E-state index < -0.39 is 0 Å². The van der Waals surface area contributed by atoms with Crippen LogP contribution >= 0.6 is 23.2 Å². The highest BCUT2D eigenvalue weighted by Crippen LogP contribution is 2.33. The number of pyridine rings is 1. The number of aromatic nitrogens is 5. The van der Waals surface area contributed by atoms with E-state index in [2.05, 4.69) is 15.1 Å². The summed E-state index contributed by atoms with van der Waals surface area (Å²) < 4.78 is 14.3. The van der Waals surface area contributed by atoms with Crippen molar-refractivity contribution >= 4 is 39.9 Å². The Bertz CT molecular complexity index is 1590. The van der Waals surface area contributed by atoms with Crippen LogP contribution in [0, 0.1) is 0 Å². The van der Waals surface area contributed by atoms with Crippen LogP contribution in [0.15, 0.2) is 59.7 Å². The average molecular weight is 466 g/mol. The van der Waals surface area contributed by atoms with E-state index in [0.29, 0.717) is 63.0 Å². The summed E-state index contributed by atoms with van der Waals surface area (Å²) in [5.74, 6) is 2.19. The highest BCUT2D eigenvalue weighted by atomic mass is 35.5. The number of nitrogens with zero attached hydrogens (tertiary/aromatic N) is 5. The lowest BCUT2D eigenvalue weighted by Gasteiger charge is -2.18. The molecule has 1 aliphatic heterocycles. The third kappa shape index (κ3) is 2.99. The molecule has 10 heteroatoms. The van der Waals surface area contributed by atoms with Crippen molar-refractivity contribution in [3.63, 3.8) is 0 Å². The molecule has 6 rings (SSSR count). The molecule has 0 unspecified atom stereocenters. The van der Waals surface area contributed by atoms with Crippen LogP contribution in [0.5, 0.6) is 11.5 Å². The normalized spacial score (nSPS) is 13.1. The first-order valence-corrected chi connectivity index (χ1v) is 10.5. The van der Waals surface area contributed by atoms with Crippen LogP contribution in [-0.2, 0) is 0 Å². The van der Waals surface area contributed by atoms with E-state index in [-0.39, 0.29) is 5.56 Å². The summed E-state index contributed by atoms with van der Waals surface area (Å²) in [4.78, 5) is 22.0. The Balaban J connectivity index is 1.49. The van der Waals surface area contributed by atoms with E-state index in [9.17, 15) is 4.79 Å². The Morgan fingerprint density at radius 1 is 0.938 bits per heavy atom. The lowest BCUT2D eigenvalue weighted by atomic mass is 10.2. The fourth-order valence-electron chi connectivity index (χ4n) is 3.66. The van der Waals surface area contributed by atoms with Gasteiger partial charge in [-0.05, 0) is 42.5 Å². The second-order valence-electron chi connectivity index (χ2n) is 7.15. The van der Waals surface area contributed by atoms with Gasteiger partial charge in [0.25, 0.3) is 11.3 Å². The van der Waals surface area contributed by atoms with Crippen LogP contribution in [0.25, 0.3) is 33.8 Å². The van der Waals surface area contributed by atoms with Crippen LogP contribution in [0.4, 0.5) is 0 Å². The van der Waals surface area contributed by atoms with E-state index in [1.807, 2.05) is 18.2 Å². The van der Waals surface area contributed by atoms with Crippen molar-refractivity contribution in [2.45, 2.75) is 0 Å². The molecule has 158 valence electrons. The van der Waals surface area contributed by atoms with Gasteiger partial charge in [-0.2, -0.15) is 9.50 Å². The third-order valence-electron chi connectivity index (χ3n) is 5.22. The van der Waals surface area contributed by atoms with Crippen LogP contribution in [0.1, 0.15) is 0 Å². The molecule has 0 fully saturated rings. The Morgan fingerprint density at radius 3 is 2.62 bits per heavy atom. The second kappa shape index (κ2) is 7.22. The number of hydrogen-bond donors (Lipinski definition) is 0. The van der Waals surface area contributed by atoms with E-state index >= 15 is 0 Å². The maximum Gasteiger partial charge on any atom is 0.266 e. The minimum Gasteiger partial charge on any atom is -0.486 e. The number of halogens is 2. The van der Waals surface area contributed by atoms with Gasteiger partial charge in [-0.3, -0.25) is 9.36 Å². The van der Waals surface area contributed by atoms with Gasteiger partial charge < -0.3 is 9.47 Å². The highest BCUT2D eigenvalue weighted by molar-refractivity contribution is 6.42. The van der Waals surface area contributed by atoms with Crippen LogP contribution < -0.4 is 15.0 Å². The van der Waals surface area contributed by atoms with Gasteiger partial charge in [0, 0.05) is 18.0 Å². The second-order valence-corrected chi connectivity index (χ2v) is 7.97. The number of fused-ring (bicyclic) bond motifs is 4. The Labute approximate surface area is 190 Å². The minimum atomic E-state index is -0.258. The van der Waals surface area contributed by atoms with Gasteiger partial charge in [-0.1, -0.05) is 23.2 Å². The zero-order chi connectivity index (χ0) is 21.8. The monoisotopic (exact) mass is 465 g/mol. The van der Waals surface area contributed by atoms with Crippen molar-refractivity contribution < 1.29 is 9.47 Å². The van der Waals surface area contributed by atoms with E-state index in [1.54, 1.807) is 35.0 Å². The Morgan fingerprint density at radius 2 is 1.78 bits per heavy atom. The lowest BCUT2D eigenvalue weighted by molar-refractivity contribution is 0.171. The molecule has 0 N–H and O–H groups in total. The maximum atomic E-state index is 13.2. The molecule has 32 heavy (non-hydrogen) atoms. The van der Waals surface area contributed by atoms with Crippen LogP contribution in [0.3, 0.4) is 0 Å². The smallest absolute Gasteiger partial charge is 0.266 e. The number of hydrogen-bond acceptors (Lipinski definition) is 6. The SMILES string of the molecule is O=c1c2cnc3nc(-c4ccc5c(c4)OCCO5)nn3c2ccn1-c1ccc(Cl)c(Cl)c1. The summed E-state index contributed by atoms with van der Waals surface area (Å²) in [5, 5.41) is 5.77. The van der Waals surface area contributed by atoms with Crippen LogP contribution in [0.2, 0.25) is 10.0 Å². The first kappa shape index (κ1) is 19.1. The molecule has 0 aliphatic carbocycles.